The Hall–Kier alpha value is -1.09. The monoisotopic (exact) mass is 345 g/mol. The molecular formula is C9H7BrF3NO3S. The lowest BCUT2D eigenvalue weighted by Gasteiger charge is -2.10. The average Bonchev–Trinajstić information content (AvgIpc) is 2.14. The summed E-state index contributed by atoms with van der Waals surface area (Å²) in [5, 5.41) is 0. The average molecular weight is 346 g/mol. The van der Waals surface area contributed by atoms with Gasteiger partial charge in [0.05, 0.1) is 5.56 Å². The van der Waals surface area contributed by atoms with E-state index in [1.54, 1.807) is 6.92 Å². The van der Waals surface area contributed by atoms with E-state index in [2.05, 4.69) is 15.9 Å². The molecule has 1 aromatic carbocycles. The van der Waals surface area contributed by atoms with Crippen molar-refractivity contribution >= 4 is 31.9 Å². The van der Waals surface area contributed by atoms with Crippen LogP contribution in [0.1, 0.15) is 15.9 Å². The fourth-order valence-corrected chi connectivity index (χ4v) is 2.18. The first-order chi connectivity index (χ1) is 8.04. The highest BCUT2D eigenvalue weighted by molar-refractivity contribution is 9.10. The largest absolute Gasteiger partial charge is 0.516 e. The van der Waals surface area contributed by atoms with Crippen molar-refractivity contribution in [1.82, 2.24) is 4.72 Å². The van der Waals surface area contributed by atoms with Gasteiger partial charge in [-0.2, -0.15) is 21.6 Å². The summed E-state index contributed by atoms with van der Waals surface area (Å²) in [7, 11) is -5.69. The molecule has 0 bridgehead atoms. The van der Waals surface area contributed by atoms with E-state index in [1.807, 2.05) is 0 Å². The third-order valence-electron chi connectivity index (χ3n) is 1.90. The maximum atomic E-state index is 12.1. The van der Waals surface area contributed by atoms with Gasteiger partial charge in [-0.1, -0.05) is 6.07 Å². The molecule has 0 unspecified atom stereocenters. The third kappa shape index (κ3) is 3.22. The second kappa shape index (κ2) is 4.88. The fraction of sp³-hybridized carbons (Fsp3) is 0.222. The summed E-state index contributed by atoms with van der Waals surface area (Å²) >= 11 is 2.97. The molecule has 1 N–H and O–H groups in total. The fourth-order valence-electron chi connectivity index (χ4n) is 1.04. The van der Waals surface area contributed by atoms with Crippen LogP contribution in [0.3, 0.4) is 0 Å². The number of alkyl halides is 3. The number of hydrogen-bond donors (Lipinski definition) is 1. The molecule has 18 heavy (non-hydrogen) atoms. The number of carbonyl (C=O) groups is 1. The minimum absolute atomic E-state index is 0.201. The van der Waals surface area contributed by atoms with Crippen LogP contribution in [0.2, 0.25) is 0 Å². The highest BCUT2D eigenvalue weighted by atomic mass is 79.9. The summed E-state index contributed by atoms with van der Waals surface area (Å²) < 4.78 is 58.8. The lowest BCUT2D eigenvalue weighted by Crippen LogP contribution is -2.40. The highest BCUT2D eigenvalue weighted by Gasteiger charge is 2.47. The summed E-state index contributed by atoms with van der Waals surface area (Å²) in [4.78, 5) is 11.4. The number of hydrogen-bond acceptors (Lipinski definition) is 3. The molecule has 0 saturated carbocycles. The normalized spacial score (nSPS) is 12.3. The Kier molecular flexibility index (Phi) is 4.06. The number of nitrogens with one attached hydrogen (secondary N) is 1. The van der Waals surface area contributed by atoms with Crippen molar-refractivity contribution in [1.29, 1.82) is 0 Å². The van der Waals surface area contributed by atoms with E-state index >= 15 is 0 Å². The lowest BCUT2D eigenvalue weighted by atomic mass is 10.1. The lowest BCUT2D eigenvalue weighted by molar-refractivity contribution is -0.0446. The SMILES string of the molecule is Cc1ccc(C(=O)NS(=O)(=O)C(F)(F)F)c(Br)c1. The minimum Gasteiger partial charge on any atom is -0.268 e. The molecule has 0 aliphatic rings. The number of rotatable bonds is 2. The highest BCUT2D eigenvalue weighted by Crippen LogP contribution is 2.23. The van der Waals surface area contributed by atoms with E-state index < -0.39 is 21.4 Å². The summed E-state index contributed by atoms with van der Waals surface area (Å²) in [6.07, 6.45) is 0. The van der Waals surface area contributed by atoms with Gasteiger partial charge in [-0.15, -0.1) is 0 Å². The van der Waals surface area contributed by atoms with Gasteiger partial charge in [0.15, 0.2) is 0 Å². The summed E-state index contributed by atoms with van der Waals surface area (Å²) in [6.45, 7) is 1.71. The molecule has 0 aliphatic carbocycles. The van der Waals surface area contributed by atoms with Crippen LogP contribution in [0.5, 0.6) is 0 Å². The summed E-state index contributed by atoms with van der Waals surface area (Å²) in [6, 6.07) is 4.18. The zero-order chi connectivity index (χ0) is 14.1. The molecule has 0 heterocycles. The molecule has 0 atom stereocenters. The van der Waals surface area contributed by atoms with Gasteiger partial charge in [0.2, 0.25) is 0 Å². The van der Waals surface area contributed by atoms with Crippen molar-refractivity contribution in [3.05, 3.63) is 33.8 Å². The van der Waals surface area contributed by atoms with Crippen molar-refractivity contribution in [2.24, 2.45) is 0 Å². The number of benzene rings is 1. The first-order valence-corrected chi connectivity index (χ1v) is 6.72. The van der Waals surface area contributed by atoms with Gasteiger partial charge in [-0.25, -0.2) is 4.72 Å². The Labute approximate surface area is 109 Å². The van der Waals surface area contributed by atoms with Gasteiger partial charge in [0.25, 0.3) is 5.91 Å². The number of halogens is 4. The smallest absolute Gasteiger partial charge is 0.268 e. The molecule has 0 aliphatic heterocycles. The third-order valence-corrected chi connectivity index (χ3v) is 3.62. The zero-order valence-corrected chi connectivity index (χ0v) is 11.3. The number of amides is 1. The second-order valence-corrected chi connectivity index (χ2v) is 5.89. The Bertz CT molecular complexity index is 583. The van der Waals surface area contributed by atoms with Crippen LogP contribution in [0, 0.1) is 6.92 Å². The van der Waals surface area contributed by atoms with Crippen LogP contribution in [0.15, 0.2) is 22.7 Å². The van der Waals surface area contributed by atoms with Crippen LogP contribution in [-0.2, 0) is 10.0 Å². The maximum absolute atomic E-state index is 12.1. The summed E-state index contributed by atoms with van der Waals surface area (Å²) in [5.41, 5.74) is -4.97. The Morgan fingerprint density at radius 3 is 2.33 bits per heavy atom. The van der Waals surface area contributed by atoms with E-state index in [-0.39, 0.29) is 10.0 Å². The Balaban J connectivity index is 3.04. The van der Waals surface area contributed by atoms with E-state index in [0.717, 1.165) is 10.3 Å². The Morgan fingerprint density at radius 1 is 1.33 bits per heavy atom. The predicted molar refractivity (Wildman–Crippen MR) is 61.3 cm³/mol. The van der Waals surface area contributed by atoms with Gasteiger partial charge >= 0.3 is 15.5 Å². The molecule has 1 rings (SSSR count). The minimum atomic E-state index is -5.69. The van der Waals surface area contributed by atoms with Crippen molar-refractivity contribution in [2.75, 3.05) is 0 Å². The number of sulfonamides is 1. The van der Waals surface area contributed by atoms with E-state index in [4.69, 9.17) is 0 Å². The van der Waals surface area contributed by atoms with E-state index in [9.17, 15) is 26.4 Å². The molecule has 0 fully saturated rings. The number of carbonyl (C=O) groups excluding carboxylic acids is 1. The second-order valence-electron chi connectivity index (χ2n) is 3.36. The molecule has 1 amide bonds. The van der Waals surface area contributed by atoms with Gasteiger partial charge in [0, 0.05) is 4.47 Å². The number of aryl methyl sites for hydroxylation is 1. The van der Waals surface area contributed by atoms with Crippen LogP contribution >= 0.6 is 15.9 Å². The zero-order valence-electron chi connectivity index (χ0n) is 8.88. The molecule has 9 heteroatoms. The molecule has 4 nitrogen and oxygen atoms in total. The van der Waals surface area contributed by atoms with Gasteiger partial charge in [-0.3, -0.25) is 4.79 Å². The molecule has 1 aromatic rings. The van der Waals surface area contributed by atoms with Crippen molar-refractivity contribution in [3.8, 4) is 0 Å². The quantitative estimate of drug-likeness (QED) is 0.894. The van der Waals surface area contributed by atoms with Crippen LogP contribution < -0.4 is 4.72 Å². The molecule has 100 valence electrons. The first kappa shape index (κ1) is 15.0. The first-order valence-electron chi connectivity index (χ1n) is 4.44. The molecular weight excluding hydrogens is 339 g/mol. The van der Waals surface area contributed by atoms with E-state index in [1.165, 1.54) is 18.2 Å². The van der Waals surface area contributed by atoms with Crippen LogP contribution in [0.4, 0.5) is 13.2 Å². The molecule has 0 spiro atoms. The van der Waals surface area contributed by atoms with Crippen molar-refractivity contribution < 1.29 is 26.4 Å². The topological polar surface area (TPSA) is 63.2 Å². The standard InChI is InChI=1S/C9H7BrF3NO3S/c1-5-2-3-6(7(10)4-5)8(15)14-18(16,17)9(11,12)13/h2-4H,1H3,(H,14,15). The van der Waals surface area contributed by atoms with E-state index in [0.29, 0.717) is 0 Å². The maximum Gasteiger partial charge on any atom is 0.516 e. The van der Waals surface area contributed by atoms with Crippen LogP contribution in [-0.4, -0.2) is 19.8 Å². The van der Waals surface area contributed by atoms with Gasteiger partial charge in [0.1, 0.15) is 0 Å². The van der Waals surface area contributed by atoms with Crippen LogP contribution in [0.25, 0.3) is 0 Å². The summed E-state index contributed by atoms with van der Waals surface area (Å²) in [5.74, 6) is -1.35. The van der Waals surface area contributed by atoms with Crippen molar-refractivity contribution in [3.63, 3.8) is 0 Å². The molecule has 0 aromatic heterocycles. The molecule has 0 radical (unpaired) electrons. The Morgan fingerprint density at radius 2 is 1.89 bits per heavy atom. The van der Waals surface area contributed by atoms with Gasteiger partial charge < -0.3 is 0 Å². The van der Waals surface area contributed by atoms with Gasteiger partial charge in [-0.05, 0) is 40.5 Å². The predicted octanol–water partition coefficient (Wildman–Crippen LogP) is 2.34. The van der Waals surface area contributed by atoms with Crippen molar-refractivity contribution in [2.45, 2.75) is 12.4 Å². The molecule has 0 saturated heterocycles.